The van der Waals surface area contributed by atoms with Gasteiger partial charge >= 0.3 is 0 Å². The van der Waals surface area contributed by atoms with Crippen molar-refractivity contribution in [1.82, 2.24) is 0 Å². The molecule has 2 atom stereocenters. The minimum Gasteiger partial charge on any atom is -0.299 e. The van der Waals surface area contributed by atoms with Crippen LogP contribution in [-0.2, 0) is 21.1 Å². The molecule has 0 bridgehead atoms. The number of sulfone groups is 1. The molecule has 21 heavy (non-hydrogen) atoms. The highest BCUT2D eigenvalue weighted by molar-refractivity contribution is 7.91. The van der Waals surface area contributed by atoms with Crippen molar-refractivity contribution >= 4 is 15.6 Å². The monoisotopic (exact) mass is 308 g/mol. The lowest BCUT2D eigenvalue weighted by molar-refractivity contribution is -0.123. The molecule has 0 spiro atoms. The first kappa shape index (κ1) is 16.2. The average molecular weight is 308 g/mol. The van der Waals surface area contributed by atoms with Crippen molar-refractivity contribution in [2.75, 3.05) is 6.26 Å². The molecule has 1 aliphatic carbocycles. The maximum atomic E-state index is 12.5. The van der Waals surface area contributed by atoms with Crippen molar-refractivity contribution in [3.05, 3.63) is 34.9 Å². The molecule has 4 heteroatoms. The second kappa shape index (κ2) is 6.30. The fourth-order valence-corrected chi connectivity index (χ4v) is 4.52. The van der Waals surface area contributed by atoms with E-state index in [9.17, 15) is 13.2 Å². The summed E-state index contributed by atoms with van der Waals surface area (Å²) >= 11 is 0. The quantitative estimate of drug-likeness (QED) is 0.859. The summed E-state index contributed by atoms with van der Waals surface area (Å²) in [7, 11) is -3.03. The van der Waals surface area contributed by atoms with Gasteiger partial charge in [-0.25, -0.2) is 8.42 Å². The Morgan fingerprint density at radius 1 is 1.14 bits per heavy atom. The van der Waals surface area contributed by atoms with E-state index in [1.54, 1.807) is 0 Å². The summed E-state index contributed by atoms with van der Waals surface area (Å²) in [5, 5.41) is -0.334. The molecule has 0 radical (unpaired) electrons. The molecule has 1 aliphatic rings. The van der Waals surface area contributed by atoms with E-state index in [0.29, 0.717) is 19.3 Å². The Kier molecular flexibility index (Phi) is 4.87. The highest BCUT2D eigenvalue weighted by atomic mass is 32.2. The van der Waals surface area contributed by atoms with E-state index in [4.69, 9.17) is 0 Å². The second-order valence-electron chi connectivity index (χ2n) is 6.45. The molecule has 0 N–H and O–H groups in total. The molecule has 1 saturated carbocycles. The zero-order valence-electron chi connectivity index (χ0n) is 13.1. The number of rotatable bonds is 4. The van der Waals surface area contributed by atoms with Crippen LogP contribution in [0.15, 0.2) is 18.2 Å². The van der Waals surface area contributed by atoms with Crippen LogP contribution >= 0.6 is 0 Å². The van der Waals surface area contributed by atoms with Crippen LogP contribution in [0.1, 0.15) is 42.4 Å². The van der Waals surface area contributed by atoms with Crippen molar-refractivity contribution in [2.24, 2.45) is 5.92 Å². The van der Waals surface area contributed by atoms with Gasteiger partial charge in [0.05, 0.1) is 5.25 Å². The van der Waals surface area contributed by atoms with Gasteiger partial charge in [0.15, 0.2) is 0 Å². The van der Waals surface area contributed by atoms with E-state index in [2.05, 4.69) is 6.07 Å². The Hall–Kier alpha value is -1.16. The zero-order valence-corrected chi connectivity index (χ0v) is 13.9. The maximum Gasteiger partial charge on any atom is 0.150 e. The van der Waals surface area contributed by atoms with Crippen LogP contribution in [0.2, 0.25) is 0 Å². The van der Waals surface area contributed by atoms with Crippen LogP contribution < -0.4 is 0 Å². The molecule has 2 unspecified atom stereocenters. The molecule has 0 amide bonds. The molecule has 1 fully saturated rings. The van der Waals surface area contributed by atoms with Crippen molar-refractivity contribution in [1.29, 1.82) is 0 Å². The van der Waals surface area contributed by atoms with Crippen LogP contribution in [0, 0.1) is 19.8 Å². The van der Waals surface area contributed by atoms with E-state index >= 15 is 0 Å². The van der Waals surface area contributed by atoms with Gasteiger partial charge in [0.2, 0.25) is 0 Å². The van der Waals surface area contributed by atoms with Gasteiger partial charge in [-0.05, 0) is 38.7 Å². The van der Waals surface area contributed by atoms with Gasteiger partial charge in [-0.15, -0.1) is 0 Å². The van der Waals surface area contributed by atoms with Gasteiger partial charge in [-0.3, -0.25) is 4.79 Å². The SMILES string of the molecule is Cc1cc(C)cc(CC(=O)C2CCCC(S(C)(=O)=O)C2)c1. The van der Waals surface area contributed by atoms with Crippen LogP contribution in [0.4, 0.5) is 0 Å². The highest BCUT2D eigenvalue weighted by Gasteiger charge is 2.32. The van der Waals surface area contributed by atoms with Gasteiger partial charge in [0.25, 0.3) is 0 Å². The van der Waals surface area contributed by atoms with Gasteiger partial charge in [-0.1, -0.05) is 35.7 Å². The fraction of sp³-hybridized carbons (Fsp3) is 0.588. The standard InChI is InChI=1S/C17H24O3S/c1-12-7-13(2)9-14(8-12)10-17(18)15-5-4-6-16(11-15)21(3,19)20/h7-9,15-16H,4-6,10-11H2,1-3H3. The number of hydrogen-bond acceptors (Lipinski definition) is 3. The fourth-order valence-electron chi connectivity index (χ4n) is 3.34. The van der Waals surface area contributed by atoms with Crippen LogP contribution in [0.25, 0.3) is 0 Å². The van der Waals surface area contributed by atoms with Crippen molar-refractivity contribution in [3.8, 4) is 0 Å². The number of Topliss-reactive ketones (excluding diaryl/α,β-unsaturated/α-hetero) is 1. The number of aryl methyl sites for hydroxylation is 2. The third-order valence-electron chi connectivity index (χ3n) is 4.35. The number of carbonyl (C=O) groups excluding carboxylic acids is 1. The molecule has 0 aliphatic heterocycles. The lowest BCUT2D eigenvalue weighted by atomic mass is 9.83. The van der Waals surface area contributed by atoms with E-state index in [-0.39, 0.29) is 17.0 Å². The smallest absolute Gasteiger partial charge is 0.150 e. The Morgan fingerprint density at radius 3 is 2.33 bits per heavy atom. The minimum atomic E-state index is -3.03. The van der Waals surface area contributed by atoms with E-state index in [1.165, 1.54) is 6.26 Å². The molecular formula is C17H24O3S. The molecule has 0 aromatic heterocycles. The van der Waals surface area contributed by atoms with Crippen molar-refractivity contribution < 1.29 is 13.2 Å². The number of benzene rings is 1. The number of carbonyl (C=O) groups is 1. The molecule has 2 rings (SSSR count). The topological polar surface area (TPSA) is 51.2 Å². The van der Waals surface area contributed by atoms with Gasteiger partial charge in [-0.2, -0.15) is 0 Å². The molecule has 116 valence electrons. The van der Waals surface area contributed by atoms with E-state index < -0.39 is 9.84 Å². The normalized spacial score (nSPS) is 23.0. The molecule has 3 nitrogen and oxygen atoms in total. The van der Waals surface area contributed by atoms with Gasteiger partial charge in [0, 0.05) is 18.6 Å². The van der Waals surface area contributed by atoms with Crippen LogP contribution in [0.3, 0.4) is 0 Å². The minimum absolute atomic E-state index is 0.0979. The summed E-state index contributed by atoms with van der Waals surface area (Å²) in [6.45, 7) is 4.06. The first-order chi connectivity index (χ1) is 9.75. The maximum absolute atomic E-state index is 12.5. The third kappa shape index (κ3) is 4.40. The Morgan fingerprint density at radius 2 is 1.76 bits per heavy atom. The summed E-state index contributed by atoms with van der Waals surface area (Å²) in [4.78, 5) is 12.5. The predicted molar refractivity (Wildman–Crippen MR) is 85.2 cm³/mol. The Balaban J connectivity index is 2.06. The molecular weight excluding hydrogens is 284 g/mol. The first-order valence-electron chi connectivity index (χ1n) is 7.54. The lowest BCUT2D eigenvalue weighted by Crippen LogP contribution is -2.31. The van der Waals surface area contributed by atoms with E-state index in [0.717, 1.165) is 29.5 Å². The van der Waals surface area contributed by atoms with Crippen molar-refractivity contribution in [2.45, 2.75) is 51.2 Å². The Bertz CT molecular complexity index is 611. The molecule has 0 heterocycles. The molecule has 1 aromatic carbocycles. The van der Waals surface area contributed by atoms with Gasteiger partial charge in [0.1, 0.15) is 15.6 Å². The van der Waals surface area contributed by atoms with Crippen LogP contribution in [0.5, 0.6) is 0 Å². The second-order valence-corrected chi connectivity index (χ2v) is 8.78. The van der Waals surface area contributed by atoms with Crippen molar-refractivity contribution in [3.63, 3.8) is 0 Å². The highest BCUT2D eigenvalue weighted by Crippen LogP contribution is 2.30. The number of hydrogen-bond donors (Lipinski definition) is 0. The zero-order chi connectivity index (χ0) is 15.6. The summed E-state index contributed by atoms with van der Waals surface area (Å²) in [6, 6.07) is 6.18. The van der Waals surface area contributed by atoms with Crippen LogP contribution in [-0.4, -0.2) is 25.7 Å². The lowest BCUT2D eigenvalue weighted by Gasteiger charge is -2.27. The third-order valence-corrected chi connectivity index (χ3v) is 5.99. The van der Waals surface area contributed by atoms with E-state index in [1.807, 2.05) is 26.0 Å². The summed E-state index contributed by atoms with van der Waals surface area (Å²) in [6.07, 6.45) is 4.57. The number of ketones is 1. The molecule has 1 aromatic rings. The predicted octanol–water partition coefficient (Wildman–Crippen LogP) is 3.02. The average Bonchev–Trinajstić information content (AvgIpc) is 2.36. The van der Waals surface area contributed by atoms with Gasteiger partial charge < -0.3 is 0 Å². The summed E-state index contributed by atoms with van der Waals surface area (Å²) in [5.41, 5.74) is 3.37. The summed E-state index contributed by atoms with van der Waals surface area (Å²) in [5.74, 6) is 0.0904. The molecule has 0 saturated heterocycles. The first-order valence-corrected chi connectivity index (χ1v) is 9.50. The largest absolute Gasteiger partial charge is 0.299 e. The summed E-state index contributed by atoms with van der Waals surface area (Å²) < 4.78 is 23.4. The Labute approximate surface area is 127 Å².